The highest BCUT2D eigenvalue weighted by molar-refractivity contribution is 7.83. The molecule has 0 aliphatic heterocycles. The Morgan fingerprint density at radius 2 is 2.00 bits per heavy atom. The van der Waals surface area contributed by atoms with Crippen LogP contribution in [0.2, 0.25) is 0 Å². The van der Waals surface area contributed by atoms with E-state index in [2.05, 4.69) is 22.6 Å². The molecular weight excluding hydrogens is 200 g/mol. The number of aromatic nitrogens is 2. The maximum absolute atomic E-state index is 4.39. The first-order valence-corrected chi connectivity index (χ1v) is 5.10. The van der Waals surface area contributed by atoms with E-state index < -0.39 is 0 Å². The average molecular weight is 208 g/mol. The van der Waals surface area contributed by atoms with Crippen LogP contribution in [0.3, 0.4) is 0 Å². The Balaban J connectivity index is 2.48. The van der Waals surface area contributed by atoms with Gasteiger partial charge in [-0.15, -0.1) is 24.0 Å². The summed E-state index contributed by atoms with van der Waals surface area (Å²) in [6, 6.07) is 3.90. The van der Waals surface area contributed by atoms with E-state index in [-0.39, 0.29) is 0 Å². The van der Waals surface area contributed by atoms with E-state index in [1.165, 1.54) is 0 Å². The molecule has 0 aliphatic carbocycles. The van der Waals surface area contributed by atoms with Crippen LogP contribution in [0.4, 0.5) is 0 Å². The molecule has 2 aromatic heterocycles. The number of hydrogen-bond donors (Lipinski definition) is 1. The van der Waals surface area contributed by atoms with Crippen molar-refractivity contribution in [1.82, 2.24) is 9.97 Å². The Morgan fingerprint density at radius 3 is 2.54 bits per heavy atom. The Bertz CT molecular complexity index is 389. The van der Waals surface area contributed by atoms with Crippen molar-refractivity contribution >= 4 is 24.0 Å². The molecule has 0 unspecified atom stereocenters. The molecule has 0 spiro atoms. The molecular formula is C9H8N2S2. The Kier molecular flexibility index (Phi) is 2.33. The van der Waals surface area contributed by atoms with Gasteiger partial charge < -0.3 is 0 Å². The largest absolute Gasteiger partial charge is 0.265 e. The molecule has 2 nitrogen and oxygen atoms in total. The van der Waals surface area contributed by atoms with E-state index in [9.17, 15) is 0 Å². The van der Waals surface area contributed by atoms with E-state index in [0.29, 0.717) is 0 Å². The molecule has 0 atom stereocenters. The first kappa shape index (κ1) is 8.72. The lowest BCUT2D eigenvalue weighted by Crippen LogP contribution is -1.77. The van der Waals surface area contributed by atoms with E-state index in [1.807, 2.05) is 19.1 Å². The molecule has 13 heavy (non-hydrogen) atoms. The lowest BCUT2D eigenvalue weighted by atomic mass is 10.3. The summed E-state index contributed by atoms with van der Waals surface area (Å²) in [5.41, 5.74) is 2.09. The second-order valence-corrected chi connectivity index (χ2v) is 4.39. The van der Waals surface area contributed by atoms with Gasteiger partial charge in [0.25, 0.3) is 0 Å². The van der Waals surface area contributed by atoms with Crippen molar-refractivity contribution in [2.75, 3.05) is 0 Å². The van der Waals surface area contributed by atoms with Crippen molar-refractivity contribution in [1.29, 1.82) is 0 Å². The third-order valence-corrected chi connectivity index (χ3v) is 3.31. The third-order valence-electron chi connectivity index (χ3n) is 1.70. The van der Waals surface area contributed by atoms with Gasteiger partial charge in [0.15, 0.2) is 0 Å². The summed E-state index contributed by atoms with van der Waals surface area (Å²) in [7, 11) is 0. The quantitative estimate of drug-likeness (QED) is 0.729. The third kappa shape index (κ3) is 1.73. The minimum absolute atomic E-state index is 0.979. The second kappa shape index (κ2) is 3.47. The van der Waals surface area contributed by atoms with Crippen LogP contribution in [-0.4, -0.2) is 9.97 Å². The summed E-state index contributed by atoms with van der Waals surface area (Å²) in [4.78, 5) is 8.35. The summed E-state index contributed by atoms with van der Waals surface area (Å²) >= 11 is 5.90. The molecule has 66 valence electrons. The first-order valence-electron chi connectivity index (χ1n) is 3.84. The molecule has 0 saturated carbocycles. The number of rotatable bonds is 1. The standard InChI is InChI=1S/C9H8N2S2/c1-6-9(12)13-8(11-6)7-2-4-10-5-3-7/h2-5,12H,1H3. The van der Waals surface area contributed by atoms with Crippen LogP contribution in [0, 0.1) is 6.92 Å². The van der Waals surface area contributed by atoms with Crippen molar-refractivity contribution in [2.24, 2.45) is 0 Å². The van der Waals surface area contributed by atoms with Gasteiger partial charge >= 0.3 is 0 Å². The number of thiol groups is 1. The summed E-state index contributed by atoms with van der Waals surface area (Å²) in [5, 5.41) is 1.00. The van der Waals surface area contributed by atoms with Gasteiger partial charge in [-0.05, 0) is 19.1 Å². The van der Waals surface area contributed by atoms with Crippen LogP contribution in [0.15, 0.2) is 28.7 Å². The fourth-order valence-corrected chi connectivity index (χ4v) is 2.13. The molecule has 0 saturated heterocycles. The number of aryl methyl sites for hydroxylation is 1. The lowest BCUT2D eigenvalue weighted by Gasteiger charge is -1.91. The van der Waals surface area contributed by atoms with Gasteiger partial charge in [0.1, 0.15) is 5.01 Å². The Labute approximate surface area is 86.1 Å². The number of nitrogens with zero attached hydrogens (tertiary/aromatic N) is 2. The highest BCUT2D eigenvalue weighted by atomic mass is 32.2. The van der Waals surface area contributed by atoms with Crippen molar-refractivity contribution in [3.8, 4) is 10.6 Å². The predicted molar refractivity (Wildman–Crippen MR) is 57.3 cm³/mol. The van der Waals surface area contributed by atoms with Gasteiger partial charge in [-0.25, -0.2) is 4.98 Å². The number of pyridine rings is 1. The summed E-state index contributed by atoms with van der Waals surface area (Å²) in [6.07, 6.45) is 3.54. The monoisotopic (exact) mass is 208 g/mol. The van der Waals surface area contributed by atoms with Crippen LogP contribution >= 0.6 is 24.0 Å². The summed E-state index contributed by atoms with van der Waals surface area (Å²) < 4.78 is 0.979. The molecule has 0 bridgehead atoms. The van der Waals surface area contributed by atoms with Crippen molar-refractivity contribution in [3.05, 3.63) is 30.2 Å². The Hall–Kier alpha value is -0.870. The molecule has 0 aliphatic rings. The highest BCUT2D eigenvalue weighted by Gasteiger charge is 2.05. The van der Waals surface area contributed by atoms with Crippen LogP contribution in [0.1, 0.15) is 5.69 Å². The minimum Gasteiger partial charge on any atom is -0.265 e. The molecule has 0 fully saturated rings. The van der Waals surface area contributed by atoms with Crippen molar-refractivity contribution < 1.29 is 0 Å². The highest BCUT2D eigenvalue weighted by Crippen LogP contribution is 2.29. The fourth-order valence-electron chi connectivity index (χ4n) is 1.01. The molecule has 0 N–H and O–H groups in total. The summed E-state index contributed by atoms with van der Waals surface area (Å²) in [6.45, 7) is 1.96. The Morgan fingerprint density at radius 1 is 1.31 bits per heavy atom. The number of thiazole rings is 1. The molecule has 2 rings (SSSR count). The van der Waals surface area contributed by atoms with E-state index in [1.54, 1.807) is 23.7 Å². The predicted octanol–water partition coefficient (Wildman–Crippen LogP) is 2.80. The van der Waals surface area contributed by atoms with E-state index in [0.717, 1.165) is 20.5 Å². The first-order chi connectivity index (χ1) is 6.27. The topological polar surface area (TPSA) is 25.8 Å². The molecule has 0 amide bonds. The van der Waals surface area contributed by atoms with Gasteiger partial charge in [0, 0.05) is 18.0 Å². The summed E-state index contributed by atoms with van der Waals surface area (Å²) in [5.74, 6) is 0. The van der Waals surface area contributed by atoms with Crippen LogP contribution in [0.5, 0.6) is 0 Å². The maximum Gasteiger partial charge on any atom is 0.124 e. The zero-order chi connectivity index (χ0) is 9.26. The van der Waals surface area contributed by atoms with Gasteiger partial charge in [-0.2, -0.15) is 0 Å². The van der Waals surface area contributed by atoms with Crippen molar-refractivity contribution in [2.45, 2.75) is 11.1 Å². The zero-order valence-electron chi connectivity index (χ0n) is 7.06. The van der Waals surface area contributed by atoms with Gasteiger partial charge in [0.2, 0.25) is 0 Å². The lowest BCUT2D eigenvalue weighted by molar-refractivity contribution is 1.21. The maximum atomic E-state index is 4.39. The minimum atomic E-state index is 0.979. The van der Waals surface area contributed by atoms with Crippen LogP contribution in [-0.2, 0) is 0 Å². The molecule has 0 radical (unpaired) electrons. The van der Waals surface area contributed by atoms with Crippen molar-refractivity contribution in [3.63, 3.8) is 0 Å². The second-order valence-electron chi connectivity index (χ2n) is 2.65. The molecule has 2 aromatic rings. The van der Waals surface area contributed by atoms with Gasteiger partial charge in [0.05, 0.1) is 9.90 Å². The SMILES string of the molecule is Cc1nc(-c2ccncc2)sc1S. The smallest absolute Gasteiger partial charge is 0.124 e. The van der Waals surface area contributed by atoms with E-state index in [4.69, 9.17) is 0 Å². The van der Waals surface area contributed by atoms with Gasteiger partial charge in [-0.3, -0.25) is 4.98 Å². The average Bonchev–Trinajstić information content (AvgIpc) is 2.49. The molecule has 4 heteroatoms. The normalized spacial score (nSPS) is 10.3. The van der Waals surface area contributed by atoms with E-state index >= 15 is 0 Å². The molecule has 0 aromatic carbocycles. The molecule has 2 heterocycles. The fraction of sp³-hybridized carbons (Fsp3) is 0.111. The van der Waals surface area contributed by atoms with Crippen LogP contribution in [0.25, 0.3) is 10.6 Å². The zero-order valence-corrected chi connectivity index (χ0v) is 8.77. The van der Waals surface area contributed by atoms with Crippen LogP contribution < -0.4 is 0 Å². The number of hydrogen-bond acceptors (Lipinski definition) is 4. The van der Waals surface area contributed by atoms with Gasteiger partial charge in [-0.1, -0.05) is 0 Å².